The fourth-order valence-electron chi connectivity index (χ4n) is 2.25. The number of nitrogens with zero attached hydrogens (tertiary/aromatic N) is 1. The molecule has 5 nitrogen and oxygen atoms in total. The van der Waals surface area contributed by atoms with Crippen LogP contribution in [0.15, 0.2) is 0 Å². The molecule has 124 valence electrons. The molecule has 21 heavy (non-hydrogen) atoms. The second-order valence-corrected chi connectivity index (χ2v) is 6.33. The van der Waals surface area contributed by atoms with Crippen LogP contribution in [0, 0.1) is 17.2 Å². The number of carbonyl (C=O) groups is 1. The number of amides is 1. The topological polar surface area (TPSA) is 82.2 Å². The van der Waals surface area contributed by atoms with Crippen molar-refractivity contribution < 1.29 is 4.79 Å². The zero-order valence-electron chi connectivity index (χ0n) is 14.2. The molecule has 0 aliphatic carbocycles. The molecule has 0 aliphatic heterocycles. The maximum absolute atomic E-state index is 12.1. The van der Waals surface area contributed by atoms with Crippen LogP contribution in [0.1, 0.15) is 59.8 Å². The minimum atomic E-state index is -0.132. The predicted octanol–water partition coefficient (Wildman–Crippen LogP) is 2.56. The fourth-order valence-corrected chi connectivity index (χ4v) is 2.25. The minimum absolute atomic E-state index is 0.0187. The molecule has 0 aromatic rings. The number of nitrogens with two attached hydrogens (primary N) is 1. The summed E-state index contributed by atoms with van der Waals surface area (Å²) in [5, 5.41) is 10.9. The summed E-state index contributed by atoms with van der Waals surface area (Å²) in [6.45, 7) is 11.2. The quantitative estimate of drug-likeness (QED) is 0.311. The molecule has 4 N–H and O–H groups in total. The molecule has 0 fully saturated rings. The number of nitrogens with one attached hydrogen (secondary N) is 2. The van der Waals surface area contributed by atoms with Crippen molar-refractivity contribution in [1.82, 2.24) is 10.2 Å². The first kappa shape index (κ1) is 19.9. The third-order valence-corrected chi connectivity index (χ3v) is 3.42. The first-order chi connectivity index (χ1) is 9.88. The van der Waals surface area contributed by atoms with E-state index in [-0.39, 0.29) is 11.9 Å². The number of hydrogen-bond acceptors (Lipinski definition) is 3. The smallest absolute Gasteiger partial charge is 0.229 e. The molecule has 0 aromatic heterocycles. The molecule has 0 saturated carbocycles. The van der Waals surface area contributed by atoms with Gasteiger partial charge in [-0.15, -0.1) is 0 Å². The number of carbonyl (C=O) groups excluding carboxylic acids is 1. The molecule has 0 aromatic carbocycles. The molecule has 0 radical (unpaired) electrons. The molecule has 0 bridgehead atoms. The maximum Gasteiger partial charge on any atom is 0.229 e. The Hall–Kier alpha value is -1.10. The zero-order chi connectivity index (χ0) is 16.3. The number of hydrogen-bond donors (Lipinski definition) is 3. The van der Waals surface area contributed by atoms with Gasteiger partial charge in [0.05, 0.1) is 0 Å². The highest BCUT2D eigenvalue weighted by Crippen LogP contribution is 2.13. The Labute approximate surface area is 130 Å². The third-order valence-electron chi connectivity index (χ3n) is 3.42. The highest BCUT2D eigenvalue weighted by atomic mass is 16.2. The second kappa shape index (κ2) is 11.5. The summed E-state index contributed by atoms with van der Waals surface area (Å²) in [6.07, 6.45) is 4.64. The monoisotopic (exact) mass is 298 g/mol. The second-order valence-electron chi connectivity index (χ2n) is 6.33. The largest absolute Gasteiger partial charge is 0.370 e. The van der Waals surface area contributed by atoms with Crippen LogP contribution < -0.4 is 11.1 Å². The Balaban J connectivity index is 3.84. The van der Waals surface area contributed by atoms with Gasteiger partial charge in [0.1, 0.15) is 0 Å². The van der Waals surface area contributed by atoms with Gasteiger partial charge in [-0.1, -0.05) is 40.5 Å². The first-order valence-corrected chi connectivity index (χ1v) is 8.23. The Kier molecular flexibility index (Phi) is 10.9. The van der Waals surface area contributed by atoms with E-state index in [9.17, 15) is 4.79 Å². The number of guanidine groups is 1. The zero-order valence-corrected chi connectivity index (χ0v) is 14.2. The van der Waals surface area contributed by atoms with Crippen molar-refractivity contribution in [3.8, 4) is 0 Å². The highest BCUT2D eigenvalue weighted by Gasteiger charge is 2.17. The summed E-state index contributed by atoms with van der Waals surface area (Å²) in [5.41, 5.74) is 5.46. The molecule has 0 heterocycles. The summed E-state index contributed by atoms with van der Waals surface area (Å²) in [6, 6.07) is 0. The van der Waals surface area contributed by atoms with Gasteiger partial charge in [0.25, 0.3) is 0 Å². The van der Waals surface area contributed by atoms with Crippen molar-refractivity contribution in [3.63, 3.8) is 0 Å². The van der Waals surface area contributed by atoms with Crippen LogP contribution in [0.3, 0.4) is 0 Å². The van der Waals surface area contributed by atoms with Gasteiger partial charge in [0.15, 0.2) is 5.96 Å². The summed E-state index contributed by atoms with van der Waals surface area (Å²) in [7, 11) is 0. The standard InChI is InChI=1S/C16H34N4O/c1-5-10-20(16(17)18)15(21)11-14(4)8-6-7-9-19-12-13(2)3/h13-14,19H,5-12H2,1-4H3,(H3,17,18). The molecule has 0 rings (SSSR count). The SMILES string of the molecule is CCCN(C(=N)N)C(=O)CC(C)CCCCNCC(C)C. The summed E-state index contributed by atoms with van der Waals surface area (Å²) >= 11 is 0. The lowest BCUT2D eigenvalue weighted by molar-refractivity contribution is -0.128. The Bertz CT molecular complexity index is 305. The molecular weight excluding hydrogens is 264 g/mol. The lowest BCUT2D eigenvalue weighted by atomic mass is 9.99. The maximum atomic E-state index is 12.1. The average Bonchev–Trinajstić information content (AvgIpc) is 2.39. The van der Waals surface area contributed by atoms with Crippen LogP contribution in [-0.4, -0.2) is 36.4 Å². The number of unbranched alkanes of at least 4 members (excludes halogenated alkanes) is 1. The molecule has 1 unspecified atom stereocenters. The molecule has 5 heteroatoms. The van der Waals surface area contributed by atoms with E-state index in [1.165, 1.54) is 4.90 Å². The van der Waals surface area contributed by atoms with Gasteiger partial charge in [0.2, 0.25) is 5.91 Å². The Morgan fingerprint density at radius 2 is 1.95 bits per heavy atom. The van der Waals surface area contributed by atoms with Gasteiger partial charge in [-0.2, -0.15) is 0 Å². The van der Waals surface area contributed by atoms with Crippen LogP contribution >= 0.6 is 0 Å². The van der Waals surface area contributed by atoms with E-state index in [0.717, 1.165) is 38.8 Å². The van der Waals surface area contributed by atoms with Crippen LogP contribution in [0.4, 0.5) is 0 Å². The normalized spacial score (nSPS) is 12.4. The molecule has 0 aliphatic rings. The molecule has 1 atom stereocenters. The van der Waals surface area contributed by atoms with Gasteiger partial charge >= 0.3 is 0 Å². The van der Waals surface area contributed by atoms with E-state index >= 15 is 0 Å². The summed E-state index contributed by atoms with van der Waals surface area (Å²) in [5.74, 6) is 0.890. The fraction of sp³-hybridized carbons (Fsp3) is 0.875. The van der Waals surface area contributed by atoms with E-state index < -0.39 is 0 Å². The molecule has 0 saturated heterocycles. The van der Waals surface area contributed by atoms with Crippen molar-refractivity contribution in [2.24, 2.45) is 17.6 Å². The van der Waals surface area contributed by atoms with Gasteiger partial charge < -0.3 is 11.1 Å². The van der Waals surface area contributed by atoms with Crippen molar-refractivity contribution in [1.29, 1.82) is 5.41 Å². The van der Waals surface area contributed by atoms with E-state index in [0.29, 0.717) is 24.8 Å². The van der Waals surface area contributed by atoms with Gasteiger partial charge in [-0.3, -0.25) is 15.1 Å². The molecule has 0 spiro atoms. The van der Waals surface area contributed by atoms with Gasteiger partial charge in [-0.05, 0) is 37.8 Å². The Morgan fingerprint density at radius 1 is 1.29 bits per heavy atom. The lowest BCUT2D eigenvalue weighted by Gasteiger charge is -2.21. The van der Waals surface area contributed by atoms with Crippen molar-refractivity contribution >= 4 is 11.9 Å². The first-order valence-electron chi connectivity index (χ1n) is 8.23. The van der Waals surface area contributed by atoms with Gasteiger partial charge in [-0.25, -0.2) is 0 Å². The molecular formula is C16H34N4O. The number of rotatable bonds is 11. The van der Waals surface area contributed by atoms with E-state index in [1.807, 2.05) is 6.92 Å². The highest BCUT2D eigenvalue weighted by molar-refractivity contribution is 5.94. The van der Waals surface area contributed by atoms with E-state index in [4.69, 9.17) is 11.1 Å². The summed E-state index contributed by atoms with van der Waals surface area (Å²) in [4.78, 5) is 13.5. The lowest BCUT2D eigenvalue weighted by Crippen LogP contribution is -2.42. The average molecular weight is 298 g/mol. The Morgan fingerprint density at radius 3 is 2.48 bits per heavy atom. The van der Waals surface area contributed by atoms with Crippen LogP contribution in [0.5, 0.6) is 0 Å². The van der Waals surface area contributed by atoms with E-state index in [1.54, 1.807) is 0 Å². The molecule has 1 amide bonds. The van der Waals surface area contributed by atoms with Crippen LogP contribution in [0.25, 0.3) is 0 Å². The third kappa shape index (κ3) is 10.3. The predicted molar refractivity (Wildman–Crippen MR) is 89.3 cm³/mol. The van der Waals surface area contributed by atoms with Crippen molar-refractivity contribution in [2.75, 3.05) is 19.6 Å². The van der Waals surface area contributed by atoms with Crippen molar-refractivity contribution in [2.45, 2.75) is 59.8 Å². The van der Waals surface area contributed by atoms with E-state index in [2.05, 4.69) is 26.1 Å². The van der Waals surface area contributed by atoms with Gasteiger partial charge in [0, 0.05) is 13.0 Å². The summed E-state index contributed by atoms with van der Waals surface area (Å²) < 4.78 is 0. The van der Waals surface area contributed by atoms with Crippen molar-refractivity contribution in [3.05, 3.63) is 0 Å². The van der Waals surface area contributed by atoms with Crippen LogP contribution in [-0.2, 0) is 4.79 Å². The minimum Gasteiger partial charge on any atom is -0.370 e. The van der Waals surface area contributed by atoms with Crippen LogP contribution in [0.2, 0.25) is 0 Å².